The maximum Gasteiger partial charge on any atom is 0.320 e. The smallest absolute Gasteiger partial charge is 0.320 e. The topological polar surface area (TPSA) is 188 Å². The van der Waals surface area contributed by atoms with Gasteiger partial charge in [0.05, 0.1) is 39.6 Å². The first-order valence-corrected chi connectivity index (χ1v) is 11.5. The van der Waals surface area contributed by atoms with Gasteiger partial charge in [-0.1, -0.05) is 13.3 Å². The molecule has 0 aromatic rings. The summed E-state index contributed by atoms with van der Waals surface area (Å²) >= 11 is 0. The number of carboxylic acids is 1. The number of unbranched alkanes of at least 4 members (excludes halogenated alkanes) is 1. The fraction of sp³-hybridized carbons (Fsp3) is 0.810. The van der Waals surface area contributed by atoms with E-state index in [1.807, 2.05) is 6.92 Å². The molecule has 0 aromatic heterocycles. The monoisotopic (exact) mass is 492 g/mol. The molecule has 0 rings (SSSR count). The van der Waals surface area contributed by atoms with E-state index in [-0.39, 0.29) is 70.1 Å². The number of nitrogens with two attached hydrogens (primary N) is 1. The molecule has 0 spiro atoms. The predicted octanol–water partition coefficient (Wildman–Crippen LogP) is -1.61. The molecule has 0 fully saturated rings. The van der Waals surface area contributed by atoms with Crippen LogP contribution in [0.1, 0.15) is 32.6 Å². The van der Waals surface area contributed by atoms with Gasteiger partial charge in [0.15, 0.2) is 0 Å². The molecule has 3 amide bonds. The molecule has 198 valence electrons. The van der Waals surface area contributed by atoms with E-state index in [2.05, 4.69) is 16.0 Å². The van der Waals surface area contributed by atoms with E-state index < -0.39 is 12.0 Å². The average Bonchev–Trinajstić information content (AvgIpc) is 2.80. The third kappa shape index (κ3) is 21.5. The van der Waals surface area contributed by atoms with E-state index in [1.54, 1.807) is 0 Å². The van der Waals surface area contributed by atoms with Crippen LogP contribution in [0.25, 0.3) is 0 Å². The van der Waals surface area contributed by atoms with Gasteiger partial charge >= 0.3 is 5.97 Å². The Morgan fingerprint density at radius 2 is 1.21 bits per heavy atom. The highest BCUT2D eigenvalue weighted by molar-refractivity contribution is 5.78. The molecule has 6 N–H and O–H groups in total. The first-order chi connectivity index (χ1) is 16.4. The number of amides is 3. The molecule has 1 atom stereocenters. The van der Waals surface area contributed by atoms with Crippen molar-refractivity contribution >= 4 is 23.7 Å². The van der Waals surface area contributed by atoms with Gasteiger partial charge in [0.25, 0.3) is 0 Å². The standard InChI is InChI=1S/C21H40N4O9/c1-2-3-6-23-19(27)15-33-13-12-32-10-8-25-20(28)16-34-14-11-31-9-7-24-18(26)5-4-17(22)21(29)30/h17H,2-16,22H2,1H3,(H,23,27)(H,24,26)(H,25,28)(H,29,30). The lowest BCUT2D eigenvalue weighted by molar-refractivity contribution is -0.138. The summed E-state index contributed by atoms with van der Waals surface area (Å²) in [5.41, 5.74) is 5.32. The molecule has 0 radical (unpaired) electrons. The lowest BCUT2D eigenvalue weighted by Gasteiger charge is -2.09. The lowest BCUT2D eigenvalue weighted by Crippen LogP contribution is -2.33. The molecule has 0 bridgehead atoms. The number of carbonyl (C=O) groups is 4. The number of nitrogens with one attached hydrogen (secondary N) is 3. The Bertz CT molecular complexity index is 578. The molecule has 13 heteroatoms. The minimum atomic E-state index is -1.14. The molecule has 34 heavy (non-hydrogen) atoms. The SMILES string of the molecule is CCCCNC(=O)COCCOCCNC(=O)COCCOCCNC(=O)CCC(N)C(=O)O. The van der Waals surface area contributed by atoms with Crippen LogP contribution in [0.5, 0.6) is 0 Å². The van der Waals surface area contributed by atoms with Crippen LogP contribution in [-0.2, 0) is 38.1 Å². The van der Waals surface area contributed by atoms with Crippen LogP contribution in [0, 0.1) is 0 Å². The molecule has 0 heterocycles. The van der Waals surface area contributed by atoms with Gasteiger partial charge in [-0.15, -0.1) is 0 Å². The van der Waals surface area contributed by atoms with Gasteiger partial charge in [0.1, 0.15) is 19.3 Å². The zero-order chi connectivity index (χ0) is 25.4. The van der Waals surface area contributed by atoms with Crippen molar-refractivity contribution in [3.05, 3.63) is 0 Å². The van der Waals surface area contributed by atoms with Crippen LogP contribution in [0.15, 0.2) is 0 Å². The number of ether oxygens (including phenoxy) is 4. The van der Waals surface area contributed by atoms with Crippen molar-refractivity contribution in [1.29, 1.82) is 0 Å². The molecule has 0 aliphatic heterocycles. The molecule has 0 aromatic carbocycles. The van der Waals surface area contributed by atoms with E-state index in [0.29, 0.717) is 32.9 Å². The van der Waals surface area contributed by atoms with Gasteiger partial charge in [0.2, 0.25) is 17.7 Å². The maximum atomic E-state index is 11.6. The van der Waals surface area contributed by atoms with Crippen molar-refractivity contribution in [3.63, 3.8) is 0 Å². The van der Waals surface area contributed by atoms with Crippen LogP contribution in [0.2, 0.25) is 0 Å². The van der Waals surface area contributed by atoms with Gasteiger partial charge in [-0.2, -0.15) is 0 Å². The van der Waals surface area contributed by atoms with Crippen molar-refractivity contribution in [3.8, 4) is 0 Å². The summed E-state index contributed by atoms with van der Waals surface area (Å²) in [7, 11) is 0. The minimum absolute atomic E-state index is 0.00325. The molecule has 0 saturated heterocycles. The number of aliphatic carboxylic acids is 1. The molecule has 0 aliphatic rings. The Morgan fingerprint density at radius 1 is 0.735 bits per heavy atom. The first-order valence-electron chi connectivity index (χ1n) is 11.5. The van der Waals surface area contributed by atoms with Crippen molar-refractivity contribution < 1.29 is 43.2 Å². The van der Waals surface area contributed by atoms with Crippen molar-refractivity contribution in [2.24, 2.45) is 5.73 Å². The minimum Gasteiger partial charge on any atom is -0.480 e. The Hall–Kier alpha value is -2.32. The average molecular weight is 493 g/mol. The highest BCUT2D eigenvalue weighted by Gasteiger charge is 2.13. The zero-order valence-corrected chi connectivity index (χ0v) is 20.0. The summed E-state index contributed by atoms with van der Waals surface area (Å²) in [5.74, 6) is -1.86. The molecule has 13 nitrogen and oxygen atoms in total. The van der Waals surface area contributed by atoms with Gasteiger partial charge in [-0.05, 0) is 12.8 Å². The Balaban J connectivity index is 3.37. The number of rotatable bonds is 23. The van der Waals surface area contributed by atoms with Gasteiger partial charge in [0, 0.05) is 26.1 Å². The zero-order valence-electron chi connectivity index (χ0n) is 20.0. The second-order valence-corrected chi connectivity index (χ2v) is 7.22. The summed E-state index contributed by atoms with van der Waals surface area (Å²) in [4.78, 5) is 45.1. The van der Waals surface area contributed by atoms with Gasteiger partial charge < -0.3 is 45.7 Å². The fourth-order valence-electron chi connectivity index (χ4n) is 2.30. The highest BCUT2D eigenvalue weighted by atomic mass is 16.5. The number of hydrogen-bond acceptors (Lipinski definition) is 9. The normalized spacial score (nSPS) is 11.6. The molecule has 0 saturated carbocycles. The molecule has 1 unspecified atom stereocenters. The summed E-state index contributed by atoms with van der Waals surface area (Å²) in [5, 5.41) is 16.6. The first kappa shape index (κ1) is 31.7. The third-order valence-electron chi connectivity index (χ3n) is 4.20. The predicted molar refractivity (Wildman–Crippen MR) is 122 cm³/mol. The molecular weight excluding hydrogens is 452 g/mol. The van der Waals surface area contributed by atoms with Crippen LogP contribution in [-0.4, -0.2) is 107 Å². The van der Waals surface area contributed by atoms with Gasteiger partial charge in [-0.3, -0.25) is 19.2 Å². The van der Waals surface area contributed by atoms with Crippen molar-refractivity contribution in [2.75, 3.05) is 72.5 Å². The quantitative estimate of drug-likeness (QED) is 0.104. The van der Waals surface area contributed by atoms with Crippen LogP contribution >= 0.6 is 0 Å². The van der Waals surface area contributed by atoms with Crippen LogP contribution in [0.4, 0.5) is 0 Å². The largest absolute Gasteiger partial charge is 0.480 e. The number of carboxylic acid groups (broad SMARTS) is 1. The van der Waals surface area contributed by atoms with E-state index in [9.17, 15) is 19.2 Å². The second-order valence-electron chi connectivity index (χ2n) is 7.22. The number of carbonyl (C=O) groups excluding carboxylic acids is 3. The maximum absolute atomic E-state index is 11.6. The van der Waals surface area contributed by atoms with E-state index in [4.69, 9.17) is 29.8 Å². The summed E-state index contributed by atoms with van der Waals surface area (Å²) in [6.07, 6.45) is 2.06. The Kier molecular flexibility index (Phi) is 20.9. The highest BCUT2D eigenvalue weighted by Crippen LogP contribution is 1.94. The van der Waals surface area contributed by atoms with E-state index >= 15 is 0 Å². The van der Waals surface area contributed by atoms with Crippen LogP contribution in [0.3, 0.4) is 0 Å². The molecular formula is C21H40N4O9. The lowest BCUT2D eigenvalue weighted by atomic mass is 10.1. The Morgan fingerprint density at radius 3 is 1.71 bits per heavy atom. The summed E-state index contributed by atoms with van der Waals surface area (Å²) in [6.45, 7) is 4.86. The Labute approximate surface area is 200 Å². The van der Waals surface area contributed by atoms with Crippen LogP contribution < -0.4 is 21.7 Å². The van der Waals surface area contributed by atoms with Crippen molar-refractivity contribution in [2.45, 2.75) is 38.6 Å². The van der Waals surface area contributed by atoms with Crippen molar-refractivity contribution in [1.82, 2.24) is 16.0 Å². The summed E-state index contributed by atoms with van der Waals surface area (Å²) < 4.78 is 20.9. The number of hydrogen-bond donors (Lipinski definition) is 5. The summed E-state index contributed by atoms with van der Waals surface area (Å²) in [6, 6.07) is -1.05. The second kappa shape index (κ2) is 22.5. The van der Waals surface area contributed by atoms with E-state index in [0.717, 1.165) is 12.8 Å². The fourth-order valence-corrected chi connectivity index (χ4v) is 2.30. The van der Waals surface area contributed by atoms with E-state index in [1.165, 1.54) is 0 Å². The third-order valence-corrected chi connectivity index (χ3v) is 4.20. The van der Waals surface area contributed by atoms with Gasteiger partial charge in [-0.25, -0.2) is 0 Å². The molecule has 0 aliphatic carbocycles.